The van der Waals surface area contributed by atoms with Gasteiger partial charge in [-0.05, 0) is 144 Å². The number of nitrogens with zero attached hydrogens (tertiary/aromatic N) is 4. The van der Waals surface area contributed by atoms with Crippen LogP contribution in [0, 0.1) is 27.7 Å². The normalized spacial score (nSPS) is 14.2. The first kappa shape index (κ1) is 36.3. The average Bonchev–Trinajstić information content (AvgIpc) is 3.81. The molecule has 0 amide bonds. The summed E-state index contributed by atoms with van der Waals surface area (Å²) in [7, 11) is 0. The molecule has 0 saturated heterocycles. The molecule has 10 aromatic carbocycles. The van der Waals surface area contributed by atoms with Crippen molar-refractivity contribution >= 4 is 88.6 Å². The number of para-hydroxylation sites is 4. The second-order valence-corrected chi connectivity index (χ2v) is 17.4. The fourth-order valence-electron chi connectivity index (χ4n) is 10.3. The Morgan fingerprint density at radius 2 is 0.468 bits per heavy atom. The lowest BCUT2D eigenvalue weighted by Crippen LogP contribution is -2.58. The number of anilines is 8. The topological polar surface area (TPSA) is 13.0 Å². The third-order valence-corrected chi connectivity index (χ3v) is 13.2. The van der Waals surface area contributed by atoms with Crippen molar-refractivity contribution in [1.29, 1.82) is 0 Å². The van der Waals surface area contributed by atoms with Gasteiger partial charge in [0.1, 0.15) is 0 Å². The first-order valence-electron chi connectivity index (χ1n) is 21.7. The van der Waals surface area contributed by atoms with Crippen LogP contribution in [0.15, 0.2) is 194 Å². The van der Waals surface area contributed by atoms with Gasteiger partial charge in [-0.15, -0.1) is 0 Å². The summed E-state index contributed by atoms with van der Waals surface area (Å²) in [6.07, 6.45) is -0.517. The zero-order valence-electron chi connectivity index (χ0n) is 35.4. The van der Waals surface area contributed by atoms with Gasteiger partial charge in [0.15, 0.2) is 12.3 Å². The molecule has 0 spiro atoms. The largest absolute Gasteiger partial charge is 0.314 e. The molecule has 0 N–H and O–H groups in total. The molecule has 0 fully saturated rings. The second kappa shape index (κ2) is 14.0. The zero-order valence-corrected chi connectivity index (χ0v) is 35.4. The quantitative estimate of drug-likeness (QED) is 0.172. The number of benzene rings is 10. The Bertz CT molecular complexity index is 2970. The predicted octanol–water partition coefficient (Wildman–Crippen LogP) is 15.5. The van der Waals surface area contributed by atoms with Crippen LogP contribution < -0.4 is 19.6 Å². The van der Waals surface area contributed by atoms with Crippen LogP contribution in [0.1, 0.15) is 22.3 Å². The molecule has 4 nitrogen and oxygen atoms in total. The van der Waals surface area contributed by atoms with Crippen molar-refractivity contribution in [2.45, 2.75) is 40.0 Å². The van der Waals surface area contributed by atoms with E-state index in [-0.39, 0.29) is 12.3 Å². The van der Waals surface area contributed by atoms with Gasteiger partial charge in [0.25, 0.3) is 0 Å². The Hall–Kier alpha value is -7.56. The monoisotopic (exact) mass is 798 g/mol. The second-order valence-electron chi connectivity index (χ2n) is 17.4. The van der Waals surface area contributed by atoms with E-state index in [2.05, 4.69) is 241 Å². The van der Waals surface area contributed by atoms with Crippen LogP contribution in [0.3, 0.4) is 0 Å². The lowest BCUT2D eigenvalue weighted by atomic mass is 10.0. The number of hydrogen-bond acceptors (Lipinski definition) is 4. The fraction of sp³-hybridized carbons (Fsp3) is 0.103. The van der Waals surface area contributed by atoms with Crippen molar-refractivity contribution in [2.75, 3.05) is 19.6 Å². The first-order valence-corrected chi connectivity index (χ1v) is 21.7. The van der Waals surface area contributed by atoms with Gasteiger partial charge in [-0.25, -0.2) is 0 Å². The van der Waals surface area contributed by atoms with E-state index in [0.29, 0.717) is 0 Å². The summed E-state index contributed by atoms with van der Waals surface area (Å²) in [5.74, 6) is 0. The van der Waals surface area contributed by atoms with E-state index in [1.807, 2.05) is 0 Å². The Kier molecular flexibility index (Phi) is 8.20. The minimum Gasteiger partial charge on any atom is -0.314 e. The van der Waals surface area contributed by atoms with E-state index in [0.717, 1.165) is 22.7 Å². The van der Waals surface area contributed by atoms with E-state index in [1.165, 1.54) is 88.1 Å². The minimum atomic E-state index is -0.259. The SMILES string of the molecule is Cc1ccc2ccc(N3c4ccccc4N(c4ccc5ccc(C)cc5c4)C3C3N(c4ccc5ccc(C)cc5c4)c4ccccc4N3c3ccc4ccc(C)cc4c3)cc2c1. The molecule has 0 radical (unpaired) electrons. The summed E-state index contributed by atoms with van der Waals surface area (Å²) in [6.45, 7) is 8.74. The molecule has 4 heteroatoms. The van der Waals surface area contributed by atoms with Gasteiger partial charge in [-0.1, -0.05) is 144 Å². The first-order chi connectivity index (χ1) is 30.3. The van der Waals surface area contributed by atoms with E-state index in [4.69, 9.17) is 0 Å². The van der Waals surface area contributed by atoms with E-state index >= 15 is 0 Å². The molecule has 0 atom stereocenters. The summed E-state index contributed by atoms with van der Waals surface area (Å²) in [5, 5.41) is 9.87. The van der Waals surface area contributed by atoms with Crippen LogP contribution in [0.5, 0.6) is 0 Å². The minimum absolute atomic E-state index is 0.259. The van der Waals surface area contributed by atoms with Crippen LogP contribution >= 0.6 is 0 Å². The summed E-state index contributed by atoms with van der Waals surface area (Å²) in [4.78, 5) is 10.5. The maximum atomic E-state index is 2.62. The molecule has 2 aliphatic heterocycles. The predicted molar refractivity (Wildman–Crippen MR) is 264 cm³/mol. The van der Waals surface area contributed by atoms with Crippen molar-refractivity contribution < 1.29 is 0 Å². The highest BCUT2D eigenvalue weighted by atomic mass is 15.5. The van der Waals surface area contributed by atoms with Gasteiger partial charge >= 0.3 is 0 Å². The van der Waals surface area contributed by atoms with Crippen molar-refractivity contribution in [3.8, 4) is 0 Å². The molecule has 12 rings (SSSR count). The average molecular weight is 799 g/mol. The summed E-state index contributed by atoms with van der Waals surface area (Å²) >= 11 is 0. The van der Waals surface area contributed by atoms with Crippen LogP contribution in [0.25, 0.3) is 43.1 Å². The van der Waals surface area contributed by atoms with Crippen molar-refractivity contribution in [1.82, 2.24) is 0 Å². The van der Waals surface area contributed by atoms with Gasteiger partial charge in [-0.2, -0.15) is 0 Å². The molecule has 298 valence electrons. The molecule has 0 bridgehead atoms. The molecule has 2 aliphatic rings. The Balaban J connectivity index is 1.17. The Morgan fingerprint density at radius 3 is 0.710 bits per heavy atom. The maximum Gasteiger partial charge on any atom is 0.151 e. The van der Waals surface area contributed by atoms with E-state index in [9.17, 15) is 0 Å². The molecular formula is C58H46N4. The molecule has 0 unspecified atom stereocenters. The third kappa shape index (κ3) is 5.82. The number of fused-ring (bicyclic) bond motifs is 6. The lowest BCUT2D eigenvalue weighted by molar-refractivity contribution is 0.550. The van der Waals surface area contributed by atoms with Crippen LogP contribution in [-0.2, 0) is 0 Å². The van der Waals surface area contributed by atoms with Crippen molar-refractivity contribution in [3.63, 3.8) is 0 Å². The van der Waals surface area contributed by atoms with Gasteiger partial charge in [0.05, 0.1) is 22.7 Å². The fourth-order valence-corrected chi connectivity index (χ4v) is 10.3. The summed E-state index contributed by atoms with van der Waals surface area (Å²) < 4.78 is 0. The number of hydrogen-bond donors (Lipinski definition) is 0. The van der Waals surface area contributed by atoms with E-state index in [1.54, 1.807) is 0 Å². The third-order valence-electron chi connectivity index (χ3n) is 13.2. The smallest absolute Gasteiger partial charge is 0.151 e. The maximum absolute atomic E-state index is 2.62. The van der Waals surface area contributed by atoms with Crippen LogP contribution in [0.2, 0.25) is 0 Å². The molecule has 0 aliphatic carbocycles. The highest BCUT2D eigenvalue weighted by molar-refractivity contribution is 5.99. The van der Waals surface area contributed by atoms with Gasteiger partial charge in [0.2, 0.25) is 0 Å². The number of aryl methyl sites for hydroxylation is 4. The molecule has 2 heterocycles. The Labute approximate surface area is 363 Å². The Morgan fingerprint density at radius 1 is 0.242 bits per heavy atom. The summed E-state index contributed by atoms with van der Waals surface area (Å²) in [5.41, 5.74) is 14.3. The van der Waals surface area contributed by atoms with Gasteiger partial charge < -0.3 is 19.6 Å². The molecule has 0 aromatic heterocycles. The van der Waals surface area contributed by atoms with Crippen LogP contribution in [0.4, 0.5) is 45.5 Å². The molecule has 10 aromatic rings. The van der Waals surface area contributed by atoms with Gasteiger partial charge in [0, 0.05) is 22.7 Å². The van der Waals surface area contributed by atoms with Crippen molar-refractivity contribution in [2.24, 2.45) is 0 Å². The van der Waals surface area contributed by atoms with Crippen LogP contribution in [-0.4, -0.2) is 12.3 Å². The highest BCUT2D eigenvalue weighted by Crippen LogP contribution is 2.56. The highest BCUT2D eigenvalue weighted by Gasteiger charge is 2.51. The standard InChI is InChI=1S/C58H46N4/c1-37-13-17-41-21-25-49(33-45(41)29-37)59-53-9-5-6-10-54(53)60(50-26-22-42-18-14-38(2)30-46(42)34-50)57(59)58-61(51-27-23-43-19-15-39(3)31-47(43)35-51)55-11-7-8-12-56(55)62(58)52-28-24-44-20-16-40(4)32-48(44)36-52/h5-36,57-58H,1-4H3. The molecule has 0 saturated carbocycles. The molecular weight excluding hydrogens is 753 g/mol. The van der Waals surface area contributed by atoms with E-state index < -0.39 is 0 Å². The summed E-state index contributed by atoms with van der Waals surface area (Å²) in [6, 6.07) is 73.1. The number of rotatable bonds is 5. The molecule has 62 heavy (non-hydrogen) atoms. The lowest BCUT2D eigenvalue weighted by Gasteiger charge is -2.44. The van der Waals surface area contributed by atoms with Crippen molar-refractivity contribution in [3.05, 3.63) is 216 Å². The van der Waals surface area contributed by atoms with Gasteiger partial charge in [-0.3, -0.25) is 0 Å². The zero-order chi connectivity index (χ0) is 41.6.